The van der Waals surface area contributed by atoms with Crippen LogP contribution in [0.2, 0.25) is 0 Å². The summed E-state index contributed by atoms with van der Waals surface area (Å²) in [6.07, 6.45) is 0.767. The zero-order valence-electron chi connectivity index (χ0n) is 12.0. The standard InChI is InChI=1S/C14H24N2OS/c1-6-14(4,9-15)13(17)16(5)11(3)12-8-7-10(2)18-12/h7-8,11H,6,9,15H2,1-5H3. The molecular weight excluding hydrogens is 244 g/mol. The second-order valence-electron chi connectivity index (χ2n) is 5.16. The number of carbonyl (C=O) groups excluding carboxylic acids is 1. The highest BCUT2D eigenvalue weighted by molar-refractivity contribution is 7.12. The molecule has 0 bridgehead atoms. The number of nitrogens with two attached hydrogens (primary N) is 1. The fourth-order valence-corrected chi connectivity index (χ4v) is 2.83. The highest BCUT2D eigenvalue weighted by atomic mass is 32.1. The van der Waals surface area contributed by atoms with Crippen LogP contribution in [0.4, 0.5) is 0 Å². The van der Waals surface area contributed by atoms with Gasteiger partial charge in [0.25, 0.3) is 0 Å². The summed E-state index contributed by atoms with van der Waals surface area (Å²) >= 11 is 1.74. The lowest BCUT2D eigenvalue weighted by molar-refractivity contribution is -0.141. The molecule has 0 aromatic carbocycles. The Bertz CT molecular complexity index is 410. The van der Waals surface area contributed by atoms with Gasteiger partial charge in [-0.15, -0.1) is 11.3 Å². The van der Waals surface area contributed by atoms with Crippen molar-refractivity contribution in [2.45, 2.75) is 40.2 Å². The van der Waals surface area contributed by atoms with Crippen molar-refractivity contribution in [3.8, 4) is 0 Å². The van der Waals surface area contributed by atoms with Crippen LogP contribution in [0.15, 0.2) is 12.1 Å². The topological polar surface area (TPSA) is 46.3 Å². The van der Waals surface area contributed by atoms with E-state index in [0.29, 0.717) is 6.54 Å². The van der Waals surface area contributed by atoms with Gasteiger partial charge in [-0.2, -0.15) is 0 Å². The fourth-order valence-electron chi connectivity index (χ4n) is 1.85. The van der Waals surface area contributed by atoms with Gasteiger partial charge in [-0.3, -0.25) is 4.79 Å². The molecule has 2 atom stereocenters. The van der Waals surface area contributed by atoms with Crippen molar-refractivity contribution in [3.63, 3.8) is 0 Å². The van der Waals surface area contributed by atoms with E-state index in [4.69, 9.17) is 5.73 Å². The van der Waals surface area contributed by atoms with Gasteiger partial charge >= 0.3 is 0 Å². The smallest absolute Gasteiger partial charge is 0.230 e. The van der Waals surface area contributed by atoms with Crippen molar-refractivity contribution in [1.29, 1.82) is 0 Å². The van der Waals surface area contributed by atoms with Gasteiger partial charge in [-0.1, -0.05) is 6.92 Å². The molecule has 0 saturated carbocycles. The zero-order valence-corrected chi connectivity index (χ0v) is 12.8. The summed E-state index contributed by atoms with van der Waals surface area (Å²) in [5.41, 5.74) is 5.31. The van der Waals surface area contributed by atoms with E-state index in [-0.39, 0.29) is 11.9 Å². The summed E-state index contributed by atoms with van der Waals surface area (Å²) in [5.74, 6) is 0.131. The lowest BCUT2D eigenvalue weighted by Crippen LogP contribution is -2.45. The highest BCUT2D eigenvalue weighted by Gasteiger charge is 2.34. The summed E-state index contributed by atoms with van der Waals surface area (Å²) in [6, 6.07) is 4.30. The Hall–Kier alpha value is -0.870. The first kappa shape index (κ1) is 15.2. The van der Waals surface area contributed by atoms with Crippen molar-refractivity contribution >= 4 is 17.2 Å². The van der Waals surface area contributed by atoms with Gasteiger partial charge in [-0.05, 0) is 39.3 Å². The Morgan fingerprint density at radius 1 is 1.56 bits per heavy atom. The Labute approximate surface area is 114 Å². The third-order valence-electron chi connectivity index (χ3n) is 3.82. The lowest BCUT2D eigenvalue weighted by atomic mass is 9.85. The summed E-state index contributed by atoms with van der Waals surface area (Å²) in [4.78, 5) is 16.8. The van der Waals surface area contributed by atoms with Crippen LogP contribution in [-0.2, 0) is 4.79 Å². The predicted molar refractivity (Wildman–Crippen MR) is 77.7 cm³/mol. The van der Waals surface area contributed by atoms with Gasteiger partial charge in [-0.25, -0.2) is 0 Å². The lowest BCUT2D eigenvalue weighted by Gasteiger charge is -2.34. The Morgan fingerprint density at radius 2 is 2.17 bits per heavy atom. The van der Waals surface area contributed by atoms with Crippen molar-refractivity contribution in [2.75, 3.05) is 13.6 Å². The minimum Gasteiger partial charge on any atom is -0.338 e. The molecule has 102 valence electrons. The maximum Gasteiger partial charge on any atom is 0.230 e. The molecule has 1 aromatic heterocycles. The molecule has 0 aliphatic rings. The monoisotopic (exact) mass is 268 g/mol. The molecule has 0 aliphatic carbocycles. The molecule has 0 aliphatic heterocycles. The zero-order chi connectivity index (χ0) is 13.9. The molecule has 18 heavy (non-hydrogen) atoms. The number of carbonyl (C=O) groups is 1. The summed E-state index contributed by atoms with van der Waals surface area (Å²) < 4.78 is 0. The average molecular weight is 268 g/mol. The van der Waals surface area contributed by atoms with Crippen molar-refractivity contribution in [3.05, 3.63) is 21.9 Å². The highest BCUT2D eigenvalue weighted by Crippen LogP contribution is 2.30. The molecule has 1 rings (SSSR count). The van der Waals surface area contributed by atoms with E-state index in [2.05, 4.69) is 26.0 Å². The molecule has 0 radical (unpaired) electrons. The van der Waals surface area contributed by atoms with Gasteiger partial charge in [0, 0.05) is 23.3 Å². The maximum atomic E-state index is 12.5. The van der Waals surface area contributed by atoms with Gasteiger partial charge in [0.05, 0.1) is 11.5 Å². The van der Waals surface area contributed by atoms with Gasteiger partial charge < -0.3 is 10.6 Å². The predicted octanol–water partition coefficient (Wildman–Crippen LogP) is 2.95. The van der Waals surface area contributed by atoms with Gasteiger partial charge in [0.2, 0.25) is 5.91 Å². The molecule has 0 fully saturated rings. The van der Waals surface area contributed by atoms with E-state index in [1.165, 1.54) is 9.75 Å². The molecule has 1 heterocycles. The Kier molecular flexibility index (Phi) is 4.93. The second-order valence-corrected chi connectivity index (χ2v) is 6.48. The van der Waals surface area contributed by atoms with E-state index in [1.807, 2.05) is 25.8 Å². The van der Waals surface area contributed by atoms with Crippen LogP contribution < -0.4 is 5.73 Å². The normalized spacial score (nSPS) is 16.1. The van der Waals surface area contributed by atoms with Crippen molar-refractivity contribution in [2.24, 2.45) is 11.1 Å². The number of thiophene rings is 1. The molecule has 0 spiro atoms. The molecule has 2 unspecified atom stereocenters. The number of hydrogen-bond acceptors (Lipinski definition) is 3. The average Bonchev–Trinajstić information content (AvgIpc) is 2.81. The van der Waals surface area contributed by atoms with E-state index in [9.17, 15) is 4.79 Å². The van der Waals surface area contributed by atoms with Crippen molar-refractivity contribution < 1.29 is 4.79 Å². The molecule has 4 heteroatoms. The van der Waals surface area contributed by atoms with E-state index in [0.717, 1.165) is 6.42 Å². The largest absolute Gasteiger partial charge is 0.338 e. The Balaban J connectivity index is 2.87. The molecule has 0 saturated heterocycles. The third-order valence-corrected chi connectivity index (χ3v) is 4.99. The fraction of sp³-hybridized carbons (Fsp3) is 0.643. The number of aryl methyl sites for hydroxylation is 1. The van der Waals surface area contributed by atoms with Crippen LogP contribution >= 0.6 is 11.3 Å². The van der Waals surface area contributed by atoms with Gasteiger partial charge in [0.1, 0.15) is 0 Å². The summed E-state index contributed by atoms with van der Waals surface area (Å²) in [6.45, 7) is 8.49. The third kappa shape index (κ3) is 2.93. The van der Waals surface area contributed by atoms with Crippen LogP contribution in [0.5, 0.6) is 0 Å². The number of rotatable bonds is 5. The number of hydrogen-bond donors (Lipinski definition) is 1. The SMILES string of the molecule is CCC(C)(CN)C(=O)N(C)C(C)c1ccc(C)s1. The first-order valence-electron chi connectivity index (χ1n) is 6.39. The summed E-state index contributed by atoms with van der Waals surface area (Å²) in [7, 11) is 1.87. The second kappa shape index (κ2) is 5.85. The van der Waals surface area contributed by atoms with Crippen LogP contribution in [0.3, 0.4) is 0 Å². The first-order valence-corrected chi connectivity index (χ1v) is 7.21. The van der Waals surface area contributed by atoms with Crippen LogP contribution in [0.25, 0.3) is 0 Å². The molecule has 2 N–H and O–H groups in total. The van der Waals surface area contributed by atoms with E-state index >= 15 is 0 Å². The molecule has 3 nitrogen and oxygen atoms in total. The van der Waals surface area contributed by atoms with Crippen LogP contribution in [-0.4, -0.2) is 24.4 Å². The van der Waals surface area contributed by atoms with E-state index < -0.39 is 5.41 Å². The van der Waals surface area contributed by atoms with Gasteiger partial charge in [0.15, 0.2) is 0 Å². The van der Waals surface area contributed by atoms with Crippen LogP contribution in [0, 0.1) is 12.3 Å². The first-order chi connectivity index (χ1) is 8.35. The molecule has 1 aromatic rings. The van der Waals surface area contributed by atoms with Crippen LogP contribution in [0.1, 0.15) is 43.0 Å². The minimum atomic E-state index is -0.449. The Morgan fingerprint density at radius 3 is 2.56 bits per heavy atom. The molecular formula is C14H24N2OS. The molecule has 1 amide bonds. The maximum absolute atomic E-state index is 12.5. The number of nitrogens with zero attached hydrogens (tertiary/aromatic N) is 1. The van der Waals surface area contributed by atoms with E-state index in [1.54, 1.807) is 11.3 Å². The minimum absolute atomic E-state index is 0.105. The summed E-state index contributed by atoms with van der Waals surface area (Å²) in [5, 5.41) is 0. The van der Waals surface area contributed by atoms with Crippen molar-refractivity contribution in [1.82, 2.24) is 4.90 Å². The quantitative estimate of drug-likeness (QED) is 0.892. The number of amides is 1.